The minimum atomic E-state index is -1.18. The standard InChI is InChI=1S/C41H43N5O6/c1-21(2)33-39-46-34(38(50)42-16-15-24-20-43-29-11-7-5-9-26(24)29)36(52-39)41-27-10-6-8-12-30(27)44-40(41)51-32-14-13-23(18-28(32)41)17-25(37(49)45-33)19-31(47)35(48)22(3)4/h5-14,18,20-22,25,33,35,40,43-44,48H,15-17,19H2,1-4H3,(H,42,50)(H,45,49)/t25?,33-,35-,40-,41?/m0/s1. The minimum absolute atomic E-state index is 0.116. The summed E-state index contributed by atoms with van der Waals surface area (Å²) in [5.41, 5.74) is 4.45. The molecule has 0 fully saturated rings. The Morgan fingerprint density at radius 3 is 2.62 bits per heavy atom. The molecular weight excluding hydrogens is 658 g/mol. The molecule has 2 unspecified atom stereocenters. The topological polar surface area (TPSA) is 159 Å². The average molecular weight is 702 g/mol. The van der Waals surface area contributed by atoms with Crippen LogP contribution < -0.4 is 20.7 Å². The van der Waals surface area contributed by atoms with Crippen LogP contribution in [0.4, 0.5) is 5.69 Å². The van der Waals surface area contributed by atoms with Gasteiger partial charge in [-0.3, -0.25) is 14.4 Å². The Morgan fingerprint density at radius 2 is 1.81 bits per heavy atom. The molecular formula is C41H43N5O6. The molecule has 2 aromatic heterocycles. The van der Waals surface area contributed by atoms with Gasteiger partial charge in [-0.1, -0.05) is 76.2 Å². The zero-order chi connectivity index (χ0) is 36.3. The molecule has 5 atom stereocenters. The lowest BCUT2D eigenvalue weighted by molar-refractivity contribution is -0.135. The van der Waals surface area contributed by atoms with Crippen LogP contribution in [-0.2, 0) is 27.8 Å². The fourth-order valence-corrected chi connectivity index (χ4v) is 8.04. The van der Waals surface area contributed by atoms with Crippen LogP contribution >= 0.6 is 0 Å². The van der Waals surface area contributed by atoms with Gasteiger partial charge in [0.25, 0.3) is 5.91 Å². The van der Waals surface area contributed by atoms with Crippen LogP contribution in [0, 0.1) is 17.8 Å². The lowest BCUT2D eigenvalue weighted by Crippen LogP contribution is -2.41. The van der Waals surface area contributed by atoms with Crippen molar-refractivity contribution in [1.29, 1.82) is 0 Å². The van der Waals surface area contributed by atoms with E-state index in [1.165, 1.54) is 0 Å². The van der Waals surface area contributed by atoms with Gasteiger partial charge in [0.05, 0.1) is 0 Å². The molecule has 2 amide bonds. The number of aliphatic hydroxyl groups excluding tert-OH is 1. The summed E-state index contributed by atoms with van der Waals surface area (Å²) >= 11 is 0. The van der Waals surface area contributed by atoms with E-state index in [1.54, 1.807) is 13.8 Å². The van der Waals surface area contributed by atoms with Crippen molar-refractivity contribution in [3.05, 3.63) is 113 Å². The van der Waals surface area contributed by atoms with Crippen molar-refractivity contribution < 1.29 is 28.6 Å². The van der Waals surface area contributed by atoms with Crippen LogP contribution in [0.25, 0.3) is 10.9 Å². The smallest absolute Gasteiger partial charge is 0.273 e. The highest BCUT2D eigenvalue weighted by Gasteiger charge is 2.61. The highest BCUT2D eigenvalue weighted by molar-refractivity contribution is 5.95. The lowest BCUT2D eigenvalue weighted by Gasteiger charge is -2.28. The Morgan fingerprint density at radius 1 is 1.02 bits per heavy atom. The molecule has 11 heteroatoms. The number of ether oxygens (including phenoxy) is 1. The van der Waals surface area contributed by atoms with Crippen LogP contribution in [0.3, 0.4) is 0 Å². The van der Waals surface area contributed by atoms with Gasteiger partial charge >= 0.3 is 0 Å². The number of Topliss-reactive ketones (excluding diaryl/α,β-unsaturated/α-hetero) is 1. The van der Waals surface area contributed by atoms with Crippen molar-refractivity contribution in [3.8, 4) is 5.75 Å². The normalized spacial score (nSPS) is 22.1. The number of aliphatic hydroxyl groups is 1. The number of ketones is 1. The molecule has 5 aromatic rings. The summed E-state index contributed by atoms with van der Waals surface area (Å²) in [6, 6.07) is 21.0. The molecule has 0 aliphatic carbocycles. The van der Waals surface area contributed by atoms with Crippen LogP contribution in [0.15, 0.2) is 77.3 Å². The largest absolute Gasteiger partial charge is 0.469 e. The second-order valence-corrected chi connectivity index (χ2v) is 14.9. The van der Waals surface area contributed by atoms with Crippen LogP contribution in [-0.4, -0.2) is 51.5 Å². The fourth-order valence-electron chi connectivity index (χ4n) is 8.04. The van der Waals surface area contributed by atoms with Crippen molar-refractivity contribution in [2.45, 2.75) is 70.7 Å². The van der Waals surface area contributed by atoms with Gasteiger partial charge in [-0.25, -0.2) is 4.98 Å². The Bertz CT molecular complexity index is 2200. The summed E-state index contributed by atoms with van der Waals surface area (Å²) in [6.07, 6.45) is 0.849. The van der Waals surface area contributed by atoms with E-state index in [9.17, 15) is 19.5 Å². The maximum absolute atomic E-state index is 14.4. The first-order valence-electron chi connectivity index (χ1n) is 18.1. The molecule has 4 bridgehead atoms. The number of nitrogens with zero attached hydrogens (tertiary/aromatic N) is 1. The number of anilines is 1. The van der Waals surface area contributed by atoms with E-state index in [0.29, 0.717) is 24.5 Å². The monoisotopic (exact) mass is 701 g/mol. The molecule has 5 N–H and O–H groups in total. The molecule has 11 nitrogen and oxygen atoms in total. The predicted molar refractivity (Wildman–Crippen MR) is 195 cm³/mol. The number of aromatic amines is 1. The Kier molecular flexibility index (Phi) is 8.41. The number of H-pyrrole nitrogens is 1. The third-order valence-corrected chi connectivity index (χ3v) is 10.8. The summed E-state index contributed by atoms with van der Waals surface area (Å²) < 4.78 is 13.4. The van der Waals surface area contributed by atoms with Crippen LogP contribution in [0.2, 0.25) is 0 Å². The van der Waals surface area contributed by atoms with E-state index in [2.05, 4.69) is 27.0 Å². The third-order valence-electron chi connectivity index (χ3n) is 10.8. The van der Waals surface area contributed by atoms with Crippen LogP contribution in [0.5, 0.6) is 5.75 Å². The van der Waals surface area contributed by atoms with E-state index in [0.717, 1.165) is 38.8 Å². The number of nitrogens with one attached hydrogen (secondary N) is 4. The molecule has 8 rings (SSSR count). The third kappa shape index (κ3) is 5.46. The van der Waals surface area contributed by atoms with Gasteiger partial charge in [0.15, 0.2) is 23.5 Å². The molecule has 268 valence electrons. The number of carbonyl (C=O) groups is 3. The summed E-state index contributed by atoms with van der Waals surface area (Å²) in [4.78, 5) is 49.9. The number of hydrogen-bond donors (Lipinski definition) is 5. The van der Waals surface area contributed by atoms with Crippen molar-refractivity contribution in [2.24, 2.45) is 17.8 Å². The molecule has 3 aliphatic heterocycles. The molecule has 0 radical (unpaired) electrons. The quantitative estimate of drug-likeness (QED) is 0.134. The van der Waals surface area contributed by atoms with E-state index in [1.807, 2.05) is 80.7 Å². The van der Waals surface area contributed by atoms with Gasteiger partial charge in [-0.05, 0) is 59.6 Å². The van der Waals surface area contributed by atoms with Crippen LogP contribution in [0.1, 0.15) is 84.6 Å². The van der Waals surface area contributed by atoms with Crippen molar-refractivity contribution in [1.82, 2.24) is 20.6 Å². The maximum Gasteiger partial charge on any atom is 0.273 e. The first-order chi connectivity index (χ1) is 25.1. The van der Waals surface area contributed by atoms with Gasteiger partial charge in [-0.2, -0.15) is 0 Å². The SMILES string of the molecule is CC(C)[C@H](O)C(=O)CC1Cc2ccc3c(c2)C2(c4ccccc4N[C@H]2O3)c2oc(nc2C(=O)NCCc2c[nH]c3ccccc23)[C@H](C(C)C)NC1=O. The average Bonchev–Trinajstić information content (AvgIpc) is 3.89. The number of carbonyl (C=O) groups excluding carboxylic acids is 3. The number of para-hydroxylation sites is 2. The van der Waals surface area contributed by atoms with Crippen molar-refractivity contribution >= 4 is 34.2 Å². The number of rotatable bonds is 9. The molecule has 3 aliphatic rings. The predicted octanol–water partition coefficient (Wildman–Crippen LogP) is 5.57. The van der Waals surface area contributed by atoms with E-state index < -0.39 is 35.6 Å². The number of aromatic nitrogens is 2. The molecule has 52 heavy (non-hydrogen) atoms. The Hall–Kier alpha value is -5.42. The zero-order valence-electron chi connectivity index (χ0n) is 29.7. The second kappa shape index (κ2) is 13.0. The maximum atomic E-state index is 14.4. The van der Waals surface area contributed by atoms with Gasteiger partial charge < -0.3 is 35.2 Å². The lowest BCUT2D eigenvalue weighted by atomic mass is 9.72. The molecule has 1 spiro atoms. The first-order valence-corrected chi connectivity index (χ1v) is 18.1. The number of hydrogen-bond acceptors (Lipinski definition) is 8. The highest BCUT2D eigenvalue weighted by atomic mass is 16.5. The van der Waals surface area contributed by atoms with Gasteiger partial charge in [-0.15, -0.1) is 0 Å². The number of amides is 2. The van der Waals surface area contributed by atoms with Gasteiger partial charge in [0, 0.05) is 47.2 Å². The minimum Gasteiger partial charge on any atom is -0.469 e. The summed E-state index contributed by atoms with van der Waals surface area (Å²) in [5.74, 6) is -1.26. The fraction of sp³-hybridized carbons (Fsp3) is 0.366. The summed E-state index contributed by atoms with van der Waals surface area (Å²) in [7, 11) is 0. The number of benzene rings is 3. The van der Waals surface area contributed by atoms with Crippen molar-refractivity contribution in [2.75, 3.05) is 11.9 Å². The van der Waals surface area contributed by atoms with E-state index in [-0.39, 0.29) is 48.0 Å². The second-order valence-electron chi connectivity index (χ2n) is 14.9. The molecule has 5 heterocycles. The Balaban J connectivity index is 1.25. The number of oxazole rings is 1. The molecule has 0 saturated carbocycles. The summed E-state index contributed by atoms with van der Waals surface area (Å²) in [6.45, 7) is 7.79. The van der Waals surface area contributed by atoms with Gasteiger partial charge in [0.1, 0.15) is 23.3 Å². The van der Waals surface area contributed by atoms with E-state index >= 15 is 0 Å². The highest BCUT2D eigenvalue weighted by Crippen LogP contribution is 2.58. The van der Waals surface area contributed by atoms with E-state index in [4.69, 9.17) is 14.1 Å². The molecule has 0 saturated heterocycles. The summed E-state index contributed by atoms with van der Waals surface area (Å²) in [5, 5.41) is 21.5. The van der Waals surface area contributed by atoms with Crippen molar-refractivity contribution in [3.63, 3.8) is 0 Å². The first kappa shape index (κ1) is 33.7. The number of fused-ring (bicyclic) bond motifs is 5. The van der Waals surface area contributed by atoms with Gasteiger partial charge in [0.2, 0.25) is 11.8 Å². The Labute approximate surface area is 301 Å². The molecule has 3 aromatic carbocycles. The zero-order valence-corrected chi connectivity index (χ0v) is 29.7.